The average Bonchev–Trinajstić information content (AvgIpc) is 3.37. The van der Waals surface area contributed by atoms with E-state index < -0.39 is 5.97 Å². The highest BCUT2D eigenvalue weighted by molar-refractivity contribution is 5.88. The predicted molar refractivity (Wildman–Crippen MR) is 92.2 cm³/mol. The molecule has 1 aromatic heterocycles. The van der Waals surface area contributed by atoms with Gasteiger partial charge in [0.05, 0.1) is 26.5 Å². The van der Waals surface area contributed by atoms with Gasteiger partial charge in [-0.25, -0.2) is 4.79 Å². The van der Waals surface area contributed by atoms with Crippen LogP contribution in [0.25, 0.3) is 0 Å². The number of carbonyl (C=O) groups is 2. The maximum Gasteiger partial charge on any atom is 0.374 e. The van der Waals surface area contributed by atoms with Gasteiger partial charge in [0, 0.05) is 12.1 Å². The van der Waals surface area contributed by atoms with Gasteiger partial charge in [-0.05, 0) is 43.2 Å². The Bertz CT molecular complexity index is 770. The van der Waals surface area contributed by atoms with Gasteiger partial charge in [-0.15, -0.1) is 0 Å². The van der Waals surface area contributed by atoms with Crippen molar-refractivity contribution in [2.45, 2.75) is 18.9 Å². The lowest BCUT2D eigenvalue weighted by atomic mass is 10.0. The predicted octanol–water partition coefficient (Wildman–Crippen LogP) is 2.82. The van der Waals surface area contributed by atoms with Gasteiger partial charge in [-0.1, -0.05) is 0 Å². The third-order valence-corrected chi connectivity index (χ3v) is 4.42. The molecule has 0 bridgehead atoms. The first-order valence-electron chi connectivity index (χ1n) is 8.36. The highest BCUT2D eigenvalue weighted by atomic mass is 16.5. The van der Waals surface area contributed by atoms with Crippen molar-refractivity contribution in [3.05, 3.63) is 47.9 Å². The van der Waals surface area contributed by atoms with Gasteiger partial charge in [0.15, 0.2) is 6.61 Å². The van der Waals surface area contributed by atoms with Gasteiger partial charge < -0.3 is 23.5 Å². The Morgan fingerprint density at radius 3 is 2.77 bits per heavy atom. The van der Waals surface area contributed by atoms with E-state index in [1.807, 2.05) is 18.2 Å². The zero-order chi connectivity index (χ0) is 18.5. The Morgan fingerprint density at radius 2 is 2.08 bits per heavy atom. The van der Waals surface area contributed by atoms with Crippen LogP contribution in [-0.2, 0) is 9.53 Å². The number of rotatable bonds is 6. The summed E-state index contributed by atoms with van der Waals surface area (Å²) in [6.07, 6.45) is 3.05. The Hall–Kier alpha value is -2.96. The van der Waals surface area contributed by atoms with Crippen LogP contribution < -0.4 is 9.47 Å². The third-order valence-electron chi connectivity index (χ3n) is 4.42. The minimum atomic E-state index is -0.655. The van der Waals surface area contributed by atoms with E-state index in [4.69, 9.17) is 18.6 Å². The Kier molecular flexibility index (Phi) is 5.46. The maximum atomic E-state index is 12.6. The van der Waals surface area contributed by atoms with Crippen LogP contribution in [0, 0.1) is 0 Å². The first-order valence-corrected chi connectivity index (χ1v) is 8.36. The van der Waals surface area contributed by atoms with Crippen LogP contribution in [0.1, 0.15) is 35.0 Å². The molecule has 1 fully saturated rings. The highest BCUT2D eigenvalue weighted by Gasteiger charge is 2.32. The second-order valence-corrected chi connectivity index (χ2v) is 5.91. The summed E-state index contributed by atoms with van der Waals surface area (Å²) < 4.78 is 20.8. The van der Waals surface area contributed by atoms with Crippen molar-refractivity contribution in [3.8, 4) is 11.5 Å². The van der Waals surface area contributed by atoms with Gasteiger partial charge >= 0.3 is 5.97 Å². The van der Waals surface area contributed by atoms with Gasteiger partial charge in [0.1, 0.15) is 11.5 Å². The van der Waals surface area contributed by atoms with E-state index in [0.717, 1.165) is 18.4 Å². The third kappa shape index (κ3) is 3.66. The molecule has 0 N–H and O–H groups in total. The molecule has 26 heavy (non-hydrogen) atoms. The molecule has 2 heterocycles. The van der Waals surface area contributed by atoms with E-state index >= 15 is 0 Å². The van der Waals surface area contributed by atoms with Crippen LogP contribution in [0.3, 0.4) is 0 Å². The van der Waals surface area contributed by atoms with E-state index in [0.29, 0.717) is 18.0 Å². The molecule has 1 aromatic carbocycles. The number of hydrogen-bond donors (Lipinski definition) is 0. The second-order valence-electron chi connectivity index (χ2n) is 5.91. The molecule has 3 rings (SSSR count). The van der Waals surface area contributed by atoms with E-state index in [9.17, 15) is 9.59 Å². The summed E-state index contributed by atoms with van der Waals surface area (Å²) in [7, 11) is 3.19. The molecular formula is C19H21NO6. The molecule has 0 spiro atoms. The normalized spacial score (nSPS) is 16.4. The number of furan rings is 1. The molecule has 2 aromatic rings. The first kappa shape index (κ1) is 17.8. The number of amides is 1. The minimum Gasteiger partial charge on any atom is -0.497 e. The molecule has 7 nitrogen and oxygen atoms in total. The SMILES string of the molecule is COc1ccc(OC)c([C@H]2CCCN2C(=O)COC(=O)c2ccco2)c1. The second kappa shape index (κ2) is 7.95. The summed E-state index contributed by atoms with van der Waals surface area (Å²) >= 11 is 0. The first-order chi connectivity index (χ1) is 12.6. The van der Waals surface area contributed by atoms with Gasteiger partial charge in [0.2, 0.25) is 5.76 Å². The van der Waals surface area contributed by atoms with Gasteiger partial charge in [0.25, 0.3) is 5.91 Å². The van der Waals surface area contributed by atoms with Gasteiger partial charge in [-0.2, -0.15) is 0 Å². The fourth-order valence-corrected chi connectivity index (χ4v) is 3.16. The summed E-state index contributed by atoms with van der Waals surface area (Å²) in [6.45, 7) is 0.268. The average molecular weight is 359 g/mol. The monoisotopic (exact) mass is 359 g/mol. The molecule has 1 saturated heterocycles. The maximum absolute atomic E-state index is 12.6. The van der Waals surface area contributed by atoms with Crippen LogP contribution in [0.15, 0.2) is 41.0 Å². The zero-order valence-corrected chi connectivity index (χ0v) is 14.8. The van der Waals surface area contributed by atoms with Crippen molar-refractivity contribution in [3.63, 3.8) is 0 Å². The highest BCUT2D eigenvalue weighted by Crippen LogP contribution is 2.38. The topological polar surface area (TPSA) is 78.2 Å². The molecular weight excluding hydrogens is 338 g/mol. The van der Waals surface area contributed by atoms with Crippen molar-refractivity contribution in [2.75, 3.05) is 27.4 Å². The number of esters is 1. The van der Waals surface area contributed by atoms with E-state index in [2.05, 4.69) is 0 Å². The smallest absolute Gasteiger partial charge is 0.374 e. The van der Waals surface area contributed by atoms with Crippen molar-refractivity contribution < 1.29 is 28.2 Å². The molecule has 0 aliphatic carbocycles. The molecule has 1 amide bonds. The van der Waals surface area contributed by atoms with Crippen molar-refractivity contribution >= 4 is 11.9 Å². The van der Waals surface area contributed by atoms with E-state index in [1.54, 1.807) is 25.2 Å². The minimum absolute atomic E-state index is 0.0743. The number of likely N-dealkylation sites (tertiary alicyclic amines) is 1. The lowest BCUT2D eigenvalue weighted by Crippen LogP contribution is -2.34. The summed E-state index contributed by atoms with van der Waals surface area (Å²) in [4.78, 5) is 26.2. The molecule has 0 radical (unpaired) electrons. The van der Waals surface area contributed by atoms with Crippen LogP contribution in [0.2, 0.25) is 0 Å². The lowest BCUT2D eigenvalue weighted by Gasteiger charge is -2.26. The summed E-state index contributed by atoms with van der Waals surface area (Å²) in [5.41, 5.74) is 0.884. The molecule has 7 heteroatoms. The number of nitrogens with zero attached hydrogens (tertiary/aromatic N) is 1. The molecule has 0 unspecified atom stereocenters. The summed E-state index contributed by atoms with van der Waals surface area (Å²) in [5, 5.41) is 0. The summed E-state index contributed by atoms with van der Waals surface area (Å²) in [6, 6.07) is 8.45. The van der Waals surface area contributed by atoms with Crippen molar-refractivity contribution in [2.24, 2.45) is 0 Å². The van der Waals surface area contributed by atoms with Crippen LogP contribution in [0.4, 0.5) is 0 Å². The molecule has 138 valence electrons. The van der Waals surface area contributed by atoms with Crippen LogP contribution >= 0.6 is 0 Å². The Balaban J connectivity index is 1.71. The van der Waals surface area contributed by atoms with Crippen molar-refractivity contribution in [1.82, 2.24) is 4.90 Å². The number of hydrogen-bond acceptors (Lipinski definition) is 6. The van der Waals surface area contributed by atoms with Gasteiger partial charge in [-0.3, -0.25) is 4.79 Å². The fourth-order valence-electron chi connectivity index (χ4n) is 3.16. The van der Waals surface area contributed by atoms with E-state index in [1.165, 1.54) is 12.3 Å². The van der Waals surface area contributed by atoms with Crippen LogP contribution in [0.5, 0.6) is 11.5 Å². The number of carbonyl (C=O) groups excluding carboxylic acids is 2. The fraction of sp³-hybridized carbons (Fsp3) is 0.368. The van der Waals surface area contributed by atoms with Crippen LogP contribution in [-0.4, -0.2) is 44.1 Å². The Morgan fingerprint density at radius 1 is 1.23 bits per heavy atom. The standard InChI is InChI=1S/C19H21NO6/c1-23-13-7-8-16(24-2)14(11-13)15-5-3-9-20(15)18(21)12-26-19(22)17-6-4-10-25-17/h4,6-8,10-11,15H,3,5,9,12H2,1-2H3/t15-/m1/s1. The molecule has 0 saturated carbocycles. The summed E-state index contributed by atoms with van der Waals surface area (Å²) in [5.74, 6) is 0.563. The molecule has 1 aliphatic rings. The number of ether oxygens (including phenoxy) is 3. The number of methoxy groups -OCH3 is 2. The number of benzene rings is 1. The van der Waals surface area contributed by atoms with Crippen molar-refractivity contribution in [1.29, 1.82) is 0 Å². The zero-order valence-electron chi connectivity index (χ0n) is 14.8. The Labute approximate surface area is 151 Å². The largest absolute Gasteiger partial charge is 0.497 e. The molecule has 1 atom stereocenters. The lowest BCUT2D eigenvalue weighted by molar-refractivity contribution is -0.135. The van der Waals surface area contributed by atoms with E-state index in [-0.39, 0.29) is 24.3 Å². The molecule has 1 aliphatic heterocycles. The quantitative estimate of drug-likeness (QED) is 0.738.